The van der Waals surface area contributed by atoms with E-state index in [1.165, 1.54) is 0 Å². The number of halogens is 8. The summed E-state index contributed by atoms with van der Waals surface area (Å²) in [7, 11) is 0. The summed E-state index contributed by atoms with van der Waals surface area (Å²) in [5.74, 6) is 0. The van der Waals surface area contributed by atoms with Gasteiger partial charge in [-0.1, -0.05) is 0 Å². The molecule has 0 atom stereocenters. The molecule has 0 spiro atoms. The van der Waals surface area contributed by atoms with E-state index in [1.54, 1.807) is 0 Å². The molecule has 0 aromatic rings. The summed E-state index contributed by atoms with van der Waals surface area (Å²) < 4.78 is 69.7. The first-order valence-corrected chi connectivity index (χ1v) is 7.36. The maximum atomic E-state index is 11.6. The molecule has 9 heteroatoms. The average molecular weight is 265 g/mol. The molecule has 0 unspecified atom stereocenters. The minimum Gasteiger partial charge on any atom is -0.171 e. The zero-order chi connectivity index (χ0) is 10.9. The van der Waals surface area contributed by atoms with Gasteiger partial charge in [0.1, 0.15) is 0 Å². The van der Waals surface area contributed by atoms with E-state index in [4.69, 9.17) is 22.2 Å². The van der Waals surface area contributed by atoms with Crippen molar-refractivity contribution in [3.8, 4) is 0 Å². The van der Waals surface area contributed by atoms with Crippen LogP contribution in [0.15, 0.2) is 0 Å². The van der Waals surface area contributed by atoms with Crippen molar-refractivity contribution >= 4 is 28.9 Å². The van der Waals surface area contributed by atoms with E-state index in [-0.39, 0.29) is 0 Å². The van der Waals surface area contributed by atoms with Crippen molar-refractivity contribution in [2.45, 2.75) is 24.4 Å². The molecule has 0 saturated carbocycles. The lowest BCUT2D eigenvalue weighted by Gasteiger charge is -2.19. The highest BCUT2D eigenvalue weighted by molar-refractivity contribution is 7.45. The Morgan fingerprint density at radius 1 is 0.769 bits per heavy atom. The Balaban J connectivity index is 4.25. The Bertz CT molecular complexity index is 154. The summed E-state index contributed by atoms with van der Waals surface area (Å²) in [6, 6.07) is -3.49. The molecule has 13 heavy (non-hydrogen) atoms. The van der Waals surface area contributed by atoms with Crippen molar-refractivity contribution in [3.63, 3.8) is 0 Å². The zero-order valence-corrected chi connectivity index (χ0v) is 8.45. The van der Waals surface area contributed by atoms with E-state index >= 15 is 0 Å². The molecule has 80 valence electrons. The maximum Gasteiger partial charge on any atom is 0.389 e. The van der Waals surface area contributed by atoms with Crippen LogP contribution in [0.5, 0.6) is 0 Å². The minimum atomic E-state index is -4.75. The predicted molar refractivity (Wildman–Crippen MR) is 39.2 cm³/mol. The highest BCUT2D eigenvalue weighted by Gasteiger charge is 2.49. The minimum absolute atomic E-state index is 1.75. The quantitative estimate of drug-likeness (QED) is 0.401. The van der Waals surface area contributed by atoms with Crippen molar-refractivity contribution in [2.75, 3.05) is 0 Å². The van der Waals surface area contributed by atoms with Gasteiger partial charge in [0.25, 0.3) is 6.69 Å². The first kappa shape index (κ1) is 13.4. The van der Waals surface area contributed by atoms with E-state index in [9.17, 15) is 26.3 Å². The van der Waals surface area contributed by atoms with E-state index < -0.39 is 31.1 Å². The number of hydrogen-bond acceptors (Lipinski definition) is 0. The van der Waals surface area contributed by atoms with Crippen LogP contribution in [0.3, 0.4) is 0 Å². The fourth-order valence-corrected chi connectivity index (χ4v) is 3.77. The summed E-state index contributed by atoms with van der Waals surface area (Å²) in [4.78, 5) is 0. The molecule has 0 aliphatic rings. The van der Waals surface area contributed by atoms with Crippen LogP contribution >= 0.6 is 22.2 Å². The maximum absolute atomic E-state index is 11.6. The predicted octanol–water partition coefficient (Wildman–Crippen LogP) is 4.03. The molecule has 0 rings (SSSR count). The van der Waals surface area contributed by atoms with Crippen LogP contribution in [0.2, 0.25) is 12.1 Å². The largest absolute Gasteiger partial charge is 0.389 e. The molecule has 0 aliphatic heterocycles. The first-order valence-electron chi connectivity index (χ1n) is 2.93. The van der Waals surface area contributed by atoms with Gasteiger partial charge in [0.15, 0.2) is 0 Å². The Hall–Kier alpha value is 0.377. The second-order valence-electron chi connectivity index (χ2n) is 2.44. The third-order valence-corrected chi connectivity index (χ3v) is 4.36. The molecule has 0 N–H and O–H groups in total. The summed E-state index contributed by atoms with van der Waals surface area (Å²) in [6.07, 6.45) is -9.50. The lowest BCUT2D eigenvalue weighted by molar-refractivity contribution is -0.117. The van der Waals surface area contributed by atoms with Gasteiger partial charge < -0.3 is 0 Å². The van der Waals surface area contributed by atoms with Crippen molar-refractivity contribution in [2.24, 2.45) is 0 Å². The lowest BCUT2D eigenvalue weighted by atomic mass is 10.8. The van der Waals surface area contributed by atoms with Crippen LogP contribution in [0.25, 0.3) is 0 Å². The van der Waals surface area contributed by atoms with Crippen LogP contribution < -0.4 is 0 Å². The summed E-state index contributed by atoms with van der Waals surface area (Å²) in [5, 5.41) is 0. The third-order valence-electron chi connectivity index (χ3n) is 0.918. The highest BCUT2D eigenvalue weighted by atomic mass is 35.7. The Kier molecular flexibility index (Phi) is 3.97. The van der Waals surface area contributed by atoms with Crippen molar-refractivity contribution < 1.29 is 26.3 Å². The SMILES string of the molecule is FC(F)(F)C[Si](Cl)(Cl)CC(F)(F)F. The number of rotatable bonds is 2. The van der Waals surface area contributed by atoms with Crippen molar-refractivity contribution in [1.29, 1.82) is 0 Å². The monoisotopic (exact) mass is 264 g/mol. The molecule has 0 aromatic carbocycles. The van der Waals surface area contributed by atoms with E-state index in [1.807, 2.05) is 0 Å². The van der Waals surface area contributed by atoms with Gasteiger partial charge in [0, 0.05) is 0 Å². The highest BCUT2D eigenvalue weighted by Crippen LogP contribution is 2.40. The van der Waals surface area contributed by atoms with Gasteiger partial charge in [-0.05, 0) is 0 Å². The number of hydrogen-bond donors (Lipinski definition) is 0. The van der Waals surface area contributed by atoms with Gasteiger partial charge in [0.2, 0.25) is 0 Å². The summed E-state index contributed by atoms with van der Waals surface area (Å²) in [6.45, 7) is -4.28. The molecular formula is C4H4Cl2F6Si. The van der Waals surface area contributed by atoms with Gasteiger partial charge in [-0.3, -0.25) is 0 Å². The van der Waals surface area contributed by atoms with Gasteiger partial charge >= 0.3 is 12.4 Å². The van der Waals surface area contributed by atoms with Crippen molar-refractivity contribution in [1.82, 2.24) is 0 Å². The summed E-state index contributed by atoms with van der Waals surface area (Å²) >= 11 is 9.94. The van der Waals surface area contributed by atoms with Gasteiger partial charge in [0.05, 0.1) is 12.1 Å². The van der Waals surface area contributed by atoms with Crippen LogP contribution in [0.1, 0.15) is 0 Å². The topological polar surface area (TPSA) is 0 Å². The first-order chi connectivity index (χ1) is 5.41. The fraction of sp³-hybridized carbons (Fsp3) is 1.00. The lowest BCUT2D eigenvalue weighted by Crippen LogP contribution is -2.32. The normalized spacial score (nSPS) is 14.8. The molecular weight excluding hydrogens is 261 g/mol. The molecule has 0 aromatic heterocycles. The van der Waals surface area contributed by atoms with E-state index in [0.717, 1.165) is 0 Å². The molecule has 0 nitrogen and oxygen atoms in total. The molecule has 0 aliphatic carbocycles. The second-order valence-corrected chi connectivity index (χ2v) is 9.78. The third kappa shape index (κ3) is 8.70. The Morgan fingerprint density at radius 2 is 1.00 bits per heavy atom. The van der Waals surface area contributed by atoms with Crippen LogP contribution in [0, 0.1) is 0 Å². The van der Waals surface area contributed by atoms with Crippen LogP contribution in [-0.4, -0.2) is 19.0 Å². The van der Waals surface area contributed by atoms with E-state index in [0.29, 0.717) is 0 Å². The molecule has 0 radical (unpaired) electrons. The standard InChI is InChI=1S/C4H4Cl2F6Si/c5-13(6,1-3(7,8)9)2-4(10,11)12/h1-2H2. The van der Waals surface area contributed by atoms with Crippen molar-refractivity contribution in [3.05, 3.63) is 0 Å². The average Bonchev–Trinajstić information content (AvgIpc) is 1.43. The molecule has 0 heterocycles. The van der Waals surface area contributed by atoms with Crippen LogP contribution in [-0.2, 0) is 0 Å². The second kappa shape index (κ2) is 3.86. The van der Waals surface area contributed by atoms with Crippen LogP contribution in [0.4, 0.5) is 26.3 Å². The molecule has 0 saturated heterocycles. The molecule has 0 fully saturated rings. The molecule has 0 bridgehead atoms. The van der Waals surface area contributed by atoms with Gasteiger partial charge in [-0.25, -0.2) is 0 Å². The summed E-state index contributed by atoms with van der Waals surface area (Å²) in [5.41, 5.74) is 0. The Morgan fingerprint density at radius 3 is 1.15 bits per heavy atom. The Labute approximate surface area is 80.2 Å². The van der Waals surface area contributed by atoms with E-state index in [2.05, 4.69) is 0 Å². The molecule has 0 amide bonds. The fourth-order valence-electron chi connectivity index (χ4n) is 0.649. The van der Waals surface area contributed by atoms with Gasteiger partial charge in [-0.15, -0.1) is 22.2 Å². The zero-order valence-electron chi connectivity index (χ0n) is 5.94. The number of alkyl halides is 6. The smallest absolute Gasteiger partial charge is 0.171 e. The van der Waals surface area contributed by atoms with Gasteiger partial charge in [-0.2, -0.15) is 26.3 Å².